The number of piperidine rings is 3. The Kier molecular flexibility index (Phi) is 4.00. The summed E-state index contributed by atoms with van der Waals surface area (Å²) in [4.78, 5) is 18.3. The van der Waals surface area contributed by atoms with E-state index in [1.807, 2.05) is 18.2 Å². The van der Waals surface area contributed by atoms with E-state index in [2.05, 4.69) is 28.0 Å². The summed E-state index contributed by atoms with van der Waals surface area (Å²) in [5.41, 5.74) is 2.17. The number of nitrogens with zero attached hydrogens (tertiary/aromatic N) is 3. The van der Waals surface area contributed by atoms with E-state index >= 15 is 0 Å². The third-order valence-electron chi connectivity index (χ3n) is 7.36. The fraction of sp³-hybridized carbons (Fsp3) is 0.417. The van der Waals surface area contributed by atoms with Gasteiger partial charge in [0.25, 0.3) is 5.91 Å². The lowest BCUT2D eigenvalue weighted by Crippen LogP contribution is -2.60. The number of likely N-dealkylation sites (tertiary alicyclic amines) is 1. The highest BCUT2D eigenvalue weighted by Crippen LogP contribution is 2.48. The highest BCUT2D eigenvalue weighted by Gasteiger charge is 2.54. The van der Waals surface area contributed by atoms with Crippen molar-refractivity contribution >= 4 is 5.91 Å². The summed E-state index contributed by atoms with van der Waals surface area (Å²) in [6.45, 7) is 3.13. The number of benzene rings is 2. The number of nitriles is 1. The summed E-state index contributed by atoms with van der Waals surface area (Å²) in [5.74, 6) is 2.32. The minimum absolute atomic E-state index is 0.0147. The number of fused-ring (bicyclic) bond motifs is 3. The van der Waals surface area contributed by atoms with Crippen LogP contribution in [0.5, 0.6) is 11.5 Å². The second-order valence-corrected chi connectivity index (χ2v) is 8.69. The molecule has 6 nitrogen and oxygen atoms in total. The zero-order valence-electron chi connectivity index (χ0n) is 16.7. The summed E-state index contributed by atoms with van der Waals surface area (Å²) in [7, 11) is 0. The molecule has 0 radical (unpaired) electrons. The van der Waals surface area contributed by atoms with Crippen molar-refractivity contribution in [3.05, 3.63) is 59.2 Å². The molecule has 4 fully saturated rings. The molecule has 2 aromatic carbocycles. The normalized spacial score (nSPS) is 30.8. The minimum Gasteiger partial charge on any atom is -0.454 e. The van der Waals surface area contributed by atoms with Gasteiger partial charge >= 0.3 is 0 Å². The lowest BCUT2D eigenvalue weighted by molar-refractivity contribution is -0.00342. The van der Waals surface area contributed by atoms with Crippen molar-refractivity contribution in [2.75, 3.05) is 26.4 Å². The highest BCUT2D eigenvalue weighted by atomic mass is 16.7. The smallest absolute Gasteiger partial charge is 0.255 e. The SMILES string of the molecule is N#Cc1ccccc1C(=O)N1C[C@H](c2ccc3c(c2)OCO3)[C@H]2[C@@H]1C1CCN2CC1. The lowest BCUT2D eigenvalue weighted by atomic mass is 9.75. The molecule has 2 aromatic rings. The molecule has 7 rings (SSSR count). The standard InChI is InChI=1S/C24H23N3O3/c25-12-17-3-1-2-4-18(17)24(28)27-13-19(16-5-6-20-21(11-16)30-14-29-20)23-22(27)15-7-9-26(23)10-8-15/h1-6,11,15,19,22-23H,7-10,13-14H2/t19-,22+,23+/m1/s1. The van der Waals surface area contributed by atoms with Crippen molar-refractivity contribution in [1.29, 1.82) is 5.26 Å². The first-order chi connectivity index (χ1) is 14.7. The number of hydrogen-bond donors (Lipinski definition) is 0. The van der Waals surface area contributed by atoms with Crippen LogP contribution in [-0.4, -0.2) is 54.2 Å². The van der Waals surface area contributed by atoms with Crippen LogP contribution in [0.1, 0.15) is 40.2 Å². The van der Waals surface area contributed by atoms with Gasteiger partial charge in [-0.1, -0.05) is 18.2 Å². The summed E-state index contributed by atoms with van der Waals surface area (Å²) in [5, 5.41) is 9.51. The van der Waals surface area contributed by atoms with Gasteiger partial charge < -0.3 is 14.4 Å². The molecule has 0 N–H and O–H groups in total. The van der Waals surface area contributed by atoms with Crippen molar-refractivity contribution < 1.29 is 14.3 Å². The van der Waals surface area contributed by atoms with Crippen LogP contribution >= 0.6 is 0 Å². The summed E-state index contributed by atoms with van der Waals surface area (Å²) >= 11 is 0. The van der Waals surface area contributed by atoms with Crippen molar-refractivity contribution in [1.82, 2.24) is 9.80 Å². The Morgan fingerprint density at radius 1 is 1.03 bits per heavy atom. The second kappa shape index (κ2) is 6.75. The van der Waals surface area contributed by atoms with E-state index in [4.69, 9.17) is 9.47 Å². The van der Waals surface area contributed by atoms with Crippen molar-refractivity contribution in [3.63, 3.8) is 0 Å². The van der Waals surface area contributed by atoms with Gasteiger partial charge in [-0.3, -0.25) is 9.69 Å². The molecule has 3 atom stereocenters. The van der Waals surface area contributed by atoms with Crippen molar-refractivity contribution in [2.24, 2.45) is 5.92 Å². The molecule has 5 heterocycles. The molecule has 152 valence electrons. The Morgan fingerprint density at radius 3 is 2.67 bits per heavy atom. The van der Waals surface area contributed by atoms with Crippen LogP contribution in [0.3, 0.4) is 0 Å². The van der Waals surface area contributed by atoms with Crippen LogP contribution in [0.2, 0.25) is 0 Å². The molecule has 0 aromatic heterocycles. The molecule has 0 aliphatic carbocycles. The van der Waals surface area contributed by atoms with E-state index in [1.54, 1.807) is 12.1 Å². The third-order valence-corrected chi connectivity index (χ3v) is 7.36. The molecule has 0 saturated carbocycles. The Balaban J connectivity index is 1.40. The topological polar surface area (TPSA) is 65.8 Å². The van der Waals surface area contributed by atoms with Gasteiger partial charge in [0, 0.05) is 18.5 Å². The van der Waals surface area contributed by atoms with Crippen LogP contribution in [0.25, 0.3) is 0 Å². The molecular weight excluding hydrogens is 378 g/mol. The second-order valence-electron chi connectivity index (χ2n) is 8.69. The molecule has 4 saturated heterocycles. The van der Waals surface area contributed by atoms with Crippen molar-refractivity contribution in [2.45, 2.75) is 30.8 Å². The van der Waals surface area contributed by atoms with E-state index < -0.39 is 0 Å². The largest absolute Gasteiger partial charge is 0.454 e. The Labute approximate surface area is 175 Å². The monoisotopic (exact) mass is 401 g/mol. The number of amides is 1. The van der Waals surface area contributed by atoms with E-state index in [1.165, 1.54) is 5.56 Å². The van der Waals surface area contributed by atoms with Gasteiger partial charge in [0.15, 0.2) is 11.5 Å². The Bertz CT molecular complexity index is 1050. The van der Waals surface area contributed by atoms with Gasteiger partial charge in [-0.25, -0.2) is 0 Å². The number of ether oxygens (including phenoxy) is 2. The zero-order valence-corrected chi connectivity index (χ0v) is 16.7. The predicted octanol–water partition coefficient (Wildman–Crippen LogP) is 2.99. The molecule has 30 heavy (non-hydrogen) atoms. The van der Waals surface area contributed by atoms with Gasteiger partial charge in [0.2, 0.25) is 6.79 Å². The zero-order chi connectivity index (χ0) is 20.2. The van der Waals surface area contributed by atoms with Gasteiger partial charge in [-0.15, -0.1) is 0 Å². The number of rotatable bonds is 2. The molecule has 1 amide bonds. The van der Waals surface area contributed by atoms with E-state index in [0.717, 1.165) is 37.4 Å². The van der Waals surface area contributed by atoms with Crippen LogP contribution in [0.15, 0.2) is 42.5 Å². The van der Waals surface area contributed by atoms with E-state index in [9.17, 15) is 10.1 Å². The Morgan fingerprint density at radius 2 is 1.83 bits per heavy atom. The van der Waals surface area contributed by atoms with Gasteiger partial charge in [0.1, 0.15) is 0 Å². The van der Waals surface area contributed by atoms with Crippen LogP contribution in [-0.2, 0) is 0 Å². The molecule has 0 unspecified atom stereocenters. The first kappa shape index (κ1) is 17.8. The Hall–Kier alpha value is -3.04. The molecule has 0 spiro atoms. The maximum atomic E-state index is 13.6. The number of hydrogen-bond acceptors (Lipinski definition) is 5. The molecular formula is C24H23N3O3. The summed E-state index contributed by atoms with van der Waals surface area (Å²) in [6, 6.07) is 16.1. The van der Waals surface area contributed by atoms with Crippen LogP contribution in [0, 0.1) is 17.2 Å². The van der Waals surface area contributed by atoms with Gasteiger partial charge in [-0.05, 0) is 61.7 Å². The average Bonchev–Trinajstić information content (AvgIpc) is 3.45. The maximum Gasteiger partial charge on any atom is 0.255 e. The van der Waals surface area contributed by atoms with Crippen LogP contribution in [0.4, 0.5) is 0 Å². The molecule has 2 bridgehead atoms. The number of carbonyl (C=O) groups excluding carboxylic acids is 1. The average molecular weight is 401 g/mol. The minimum atomic E-state index is -0.0147. The van der Waals surface area contributed by atoms with E-state index in [0.29, 0.717) is 29.6 Å². The fourth-order valence-electron chi connectivity index (χ4n) is 6.01. The first-order valence-corrected chi connectivity index (χ1v) is 10.7. The predicted molar refractivity (Wildman–Crippen MR) is 109 cm³/mol. The molecule has 5 aliphatic rings. The highest BCUT2D eigenvalue weighted by molar-refractivity contribution is 5.97. The lowest BCUT2D eigenvalue weighted by Gasteiger charge is -2.51. The molecule has 5 aliphatic heterocycles. The quantitative estimate of drug-likeness (QED) is 0.774. The van der Waals surface area contributed by atoms with Crippen LogP contribution < -0.4 is 9.47 Å². The third kappa shape index (κ3) is 2.55. The summed E-state index contributed by atoms with van der Waals surface area (Å²) in [6.07, 6.45) is 2.28. The van der Waals surface area contributed by atoms with E-state index in [-0.39, 0.29) is 24.7 Å². The summed E-state index contributed by atoms with van der Waals surface area (Å²) < 4.78 is 11.1. The van der Waals surface area contributed by atoms with Gasteiger partial charge in [-0.2, -0.15) is 5.26 Å². The van der Waals surface area contributed by atoms with Crippen molar-refractivity contribution in [3.8, 4) is 17.6 Å². The first-order valence-electron chi connectivity index (χ1n) is 10.7. The number of carbonyl (C=O) groups is 1. The van der Waals surface area contributed by atoms with Gasteiger partial charge in [0.05, 0.1) is 23.2 Å². The maximum absolute atomic E-state index is 13.6. The molecule has 6 heteroatoms. The fourth-order valence-corrected chi connectivity index (χ4v) is 6.01.